The molecule has 0 aromatic heterocycles. The highest BCUT2D eigenvalue weighted by Crippen LogP contribution is 2.26. The van der Waals surface area contributed by atoms with E-state index in [0.29, 0.717) is 13.0 Å². The number of esters is 1. The Morgan fingerprint density at radius 3 is 2.21 bits per heavy atom. The largest absolute Gasteiger partial charge is 0.439 e. The Morgan fingerprint density at radius 1 is 1.04 bits per heavy atom. The summed E-state index contributed by atoms with van der Waals surface area (Å²) in [6.45, 7) is 16.8. The molecule has 0 saturated heterocycles. The first-order valence-electron chi connectivity index (χ1n) is 8.27. The molecule has 0 aliphatic heterocycles. The van der Waals surface area contributed by atoms with Crippen LogP contribution in [-0.2, 0) is 23.7 Å². The molecule has 0 fully saturated rings. The number of carbonyl (C=O) groups excluding carboxylic acids is 1. The first kappa shape index (κ1) is 22.0. The first-order valence-corrected chi connectivity index (χ1v) is 8.27. The Kier molecular flexibility index (Phi) is 12.3. The van der Waals surface area contributed by atoms with Crippen LogP contribution in [0.1, 0.15) is 51.9 Å². The molecule has 0 unspecified atom stereocenters. The number of hydrogen-bond acceptors (Lipinski definition) is 5. The first-order chi connectivity index (χ1) is 11.5. The standard InChI is InChI=1S/C19H30O5/c1-6-10-11-12-13-16-23-19(21-8-3,22-9-4)15-14-17(5)24-18(20)7-2/h7-9H,2-6,10-16H2,1H3. The Morgan fingerprint density at radius 2 is 1.67 bits per heavy atom. The molecule has 0 bridgehead atoms. The zero-order chi connectivity index (χ0) is 18.3. The van der Waals surface area contributed by atoms with Crippen LogP contribution in [0.25, 0.3) is 0 Å². The molecule has 0 aliphatic carbocycles. The maximum atomic E-state index is 11.2. The van der Waals surface area contributed by atoms with Gasteiger partial charge in [-0.05, 0) is 6.42 Å². The van der Waals surface area contributed by atoms with Crippen molar-refractivity contribution < 1.29 is 23.7 Å². The van der Waals surface area contributed by atoms with E-state index in [4.69, 9.17) is 18.9 Å². The van der Waals surface area contributed by atoms with Crippen LogP contribution in [-0.4, -0.2) is 18.5 Å². The van der Waals surface area contributed by atoms with E-state index in [0.717, 1.165) is 18.9 Å². The van der Waals surface area contributed by atoms with Crippen LogP contribution in [0.15, 0.2) is 50.7 Å². The van der Waals surface area contributed by atoms with Gasteiger partial charge in [-0.3, -0.25) is 0 Å². The highest BCUT2D eigenvalue weighted by Gasteiger charge is 2.34. The van der Waals surface area contributed by atoms with Crippen LogP contribution in [0.2, 0.25) is 0 Å². The summed E-state index contributed by atoms with van der Waals surface area (Å²) in [5.41, 5.74) is 0. The number of hydrogen-bond donors (Lipinski definition) is 0. The molecule has 0 radical (unpaired) electrons. The summed E-state index contributed by atoms with van der Waals surface area (Å²) in [5.74, 6) is -1.63. The lowest BCUT2D eigenvalue weighted by atomic mass is 10.2. The normalized spacial score (nSPS) is 10.5. The molecule has 24 heavy (non-hydrogen) atoms. The molecule has 0 aromatic rings. The molecule has 0 atom stereocenters. The molecule has 0 rings (SSSR count). The van der Waals surface area contributed by atoms with Gasteiger partial charge in [0.2, 0.25) is 0 Å². The summed E-state index contributed by atoms with van der Waals surface area (Å²) in [7, 11) is 0. The lowest BCUT2D eigenvalue weighted by Crippen LogP contribution is -2.37. The number of rotatable bonds is 16. The van der Waals surface area contributed by atoms with E-state index in [-0.39, 0.29) is 12.2 Å². The third-order valence-corrected chi connectivity index (χ3v) is 3.22. The van der Waals surface area contributed by atoms with Crippen molar-refractivity contribution in [1.29, 1.82) is 0 Å². The quantitative estimate of drug-likeness (QED) is 0.131. The zero-order valence-electron chi connectivity index (χ0n) is 14.8. The van der Waals surface area contributed by atoms with Gasteiger partial charge in [-0.1, -0.05) is 58.9 Å². The predicted molar refractivity (Wildman–Crippen MR) is 94.7 cm³/mol. The van der Waals surface area contributed by atoms with E-state index < -0.39 is 11.9 Å². The van der Waals surface area contributed by atoms with Gasteiger partial charge in [0.1, 0.15) is 5.76 Å². The van der Waals surface area contributed by atoms with Crippen molar-refractivity contribution in [2.24, 2.45) is 0 Å². The second-order valence-electron chi connectivity index (χ2n) is 5.18. The van der Waals surface area contributed by atoms with Crippen LogP contribution < -0.4 is 0 Å². The lowest BCUT2D eigenvalue weighted by Gasteiger charge is -2.31. The van der Waals surface area contributed by atoms with Crippen LogP contribution in [0.3, 0.4) is 0 Å². The van der Waals surface area contributed by atoms with Crippen LogP contribution in [0.4, 0.5) is 0 Å². The van der Waals surface area contributed by atoms with E-state index in [1.54, 1.807) is 0 Å². The molecular formula is C19H30O5. The molecule has 136 valence electrons. The summed E-state index contributed by atoms with van der Waals surface area (Å²) in [6.07, 6.45) is 9.70. The average Bonchev–Trinajstić information content (AvgIpc) is 2.56. The summed E-state index contributed by atoms with van der Waals surface area (Å²) in [5, 5.41) is 0. The van der Waals surface area contributed by atoms with Gasteiger partial charge in [0.25, 0.3) is 0 Å². The van der Waals surface area contributed by atoms with Crippen LogP contribution in [0.5, 0.6) is 0 Å². The number of ether oxygens (including phenoxy) is 4. The van der Waals surface area contributed by atoms with Gasteiger partial charge in [-0.25, -0.2) is 4.79 Å². The van der Waals surface area contributed by atoms with E-state index in [1.165, 1.54) is 31.8 Å². The van der Waals surface area contributed by atoms with Crippen molar-refractivity contribution in [2.75, 3.05) is 6.61 Å². The summed E-state index contributed by atoms with van der Waals surface area (Å²) < 4.78 is 21.6. The smallest absolute Gasteiger partial charge is 0.370 e. The van der Waals surface area contributed by atoms with Gasteiger partial charge in [-0.2, -0.15) is 0 Å². The molecule has 0 saturated carbocycles. The van der Waals surface area contributed by atoms with Gasteiger partial charge >= 0.3 is 11.9 Å². The van der Waals surface area contributed by atoms with Crippen molar-refractivity contribution in [1.82, 2.24) is 0 Å². The molecule has 0 heterocycles. The van der Waals surface area contributed by atoms with Crippen molar-refractivity contribution >= 4 is 5.97 Å². The lowest BCUT2D eigenvalue weighted by molar-refractivity contribution is -0.343. The van der Waals surface area contributed by atoms with Gasteiger partial charge in [-0.15, -0.1) is 0 Å². The molecular weight excluding hydrogens is 308 g/mol. The van der Waals surface area contributed by atoms with E-state index in [2.05, 4.69) is 33.2 Å². The van der Waals surface area contributed by atoms with E-state index >= 15 is 0 Å². The fourth-order valence-corrected chi connectivity index (χ4v) is 2.00. The monoisotopic (exact) mass is 338 g/mol. The fraction of sp³-hybridized carbons (Fsp3) is 0.526. The maximum absolute atomic E-state index is 11.2. The van der Waals surface area contributed by atoms with Crippen molar-refractivity contribution in [3.05, 3.63) is 50.7 Å². The van der Waals surface area contributed by atoms with Gasteiger partial charge in [0, 0.05) is 12.5 Å². The third-order valence-electron chi connectivity index (χ3n) is 3.22. The summed E-state index contributed by atoms with van der Waals surface area (Å²) in [6, 6.07) is 0. The van der Waals surface area contributed by atoms with Crippen molar-refractivity contribution in [3.8, 4) is 0 Å². The SMILES string of the molecule is C=COC(CCC(=C)OC(=O)C=C)(OC=C)OCCCCCCC. The maximum Gasteiger partial charge on any atom is 0.370 e. The highest BCUT2D eigenvalue weighted by molar-refractivity contribution is 5.82. The highest BCUT2D eigenvalue weighted by atomic mass is 16.9. The summed E-state index contributed by atoms with van der Waals surface area (Å²) >= 11 is 0. The Bertz CT molecular complexity index is 404. The summed E-state index contributed by atoms with van der Waals surface area (Å²) in [4.78, 5) is 11.2. The minimum Gasteiger partial charge on any atom is -0.439 e. The molecule has 0 N–H and O–H groups in total. The minimum atomic E-state index is -1.35. The molecule has 0 aliphatic rings. The van der Waals surface area contributed by atoms with Crippen LogP contribution >= 0.6 is 0 Å². The van der Waals surface area contributed by atoms with E-state index in [1.807, 2.05) is 0 Å². The predicted octanol–water partition coefficient (Wildman–Crippen LogP) is 4.97. The molecule has 0 aromatic carbocycles. The van der Waals surface area contributed by atoms with E-state index in [9.17, 15) is 4.79 Å². The Labute approximate surface area is 145 Å². The van der Waals surface area contributed by atoms with Crippen molar-refractivity contribution in [2.45, 2.75) is 57.8 Å². The number of carbonyl (C=O) groups is 1. The molecule has 5 heteroatoms. The number of allylic oxidation sites excluding steroid dienone is 1. The number of unbranched alkanes of at least 4 members (excludes halogenated alkanes) is 4. The average molecular weight is 338 g/mol. The third kappa shape index (κ3) is 9.90. The van der Waals surface area contributed by atoms with Gasteiger partial charge in [0.15, 0.2) is 0 Å². The second kappa shape index (κ2) is 13.4. The Balaban J connectivity index is 4.54. The second-order valence-corrected chi connectivity index (χ2v) is 5.18. The van der Waals surface area contributed by atoms with Crippen molar-refractivity contribution in [3.63, 3.8) is 0 Å². The van der Waals surface area contributed by atoms with Crippen LogP contribution in [0, 0.1) is 0 Å². The molecule has 0 amide bonds. The Hall–Kier alpha value is -2.01. The zero-order valence-corrected chi connectivity index (χ0v) is 14.8. The minimum absolute atomic E-state index is 0.267. The molecule has 5 nitrogen and oxygen atoms in total. The molecule has 0 spiro atoms. The topological polar surface area (TPSA) is 54.0 Å². The van der Waals surface area contributed by atoms with Gasteiger partial charge in [0.05, 0.1) is 25.6 Å². The van der Waals surface area contributed by atoms with Gasteiger partial charge < -0.3 is 18.9 Å². The fourth-order valence-electron chi connectivity index (χ4n) is 2.00.